The van der Waals surface area contributed by atoms with Gasteiger partial charge in [-0.3, -0.25) is 4.68 Å². The molecule has 2 heterocycles. The van der Waals surface area contributed by atoms with Crippen LogP contribution in [0.15, 0.2) is 54.9 Å². The molecule has 4 rings (SSSR count). The number of halogens is 2. The maximum atomic E-state index is 11.9. The standard InChI is InChI=1S/C21H16Cl2N4O2S2/c1-29-20(28)19-18(23)16-6-5-15(8-17(16)31-19)26-21(30)25-14-4-2-3-12(7-14)10-27-11-13(22)9-24-27/h2-9,11H,10H2,1H3,(H2,25,26,30). The maximum absolute atomic E-state index is 11.9. The Morgan fingerprint density at radius 2 is 1.97 bits per heavy atom. The largest absolute Gasteiger partial charge is 0.465 e. The molecule has 10 heteroatoms. The summed E-state index contributed by atoms with van der Waals surface area (Å²) in [6.07, 6.45) is 3.38. The summed E-state index contributed by atoms with van der Waals surface area (Å²) in [5, 5.41) is 12.8. The van der Waals surface area contributed by atoms with Crippen LogP contribution in [0.2, 0.25) is 10.0 Å². The zero-order valence-corrected chi connectivity index (χ0v) is 19.3. The van der Waals surface area contributed by atoms with E-state index in [-0.39, 0.29) is 0 Å². The lowest BCUT2D eigenvalue weighted by Crippen LogP contribution is -2.19. The Bertz CT molecular complexity index is 1290. The van der Waals surface area contributed by atoms with Gasteiger partial charge in [0.15, 0.2) is 5.11 Å². The van der Waals surface area contributed by atoms with Crippen LogP contribution in [0.4, 0.5) is 11.4 Å². The third-order valence-electron chi connectivity index (χ3n) is 4.39. The molecule has 2 N–H and O–H groups in total. The molecule has 0 amide bonds. The molecule has 0 aliphatic rings. The van der Waals surface area contributed by atoms with Crippen LogP contribution in [-0.4, -0.2) is 28.0 Å². The number of hydrogen-bond donors (Lipinski definition) is 2. The van der Waals surface area contributed by atoms with Crippen LogP contribution in [0.3, 0.4) is 0 Å². The summed E-state index contributed by atoms with van der Waals surface area (Å²) in [7, 11) is 1.33. The minimum atomic E-state index is -0.449. The van der Waals surface area contributed by atoms with E-state index in [0.717, 1.165) is 27.0 Å². The van der Waals surface area contributed by atoms with E-state index in [1.165, 1.54) is 18.4 Å². The molecule has 0 aliphatic heterocycles. The Morgan fingerprint density at radius 1 is 1.19 bits per heavy atom. The highest BCUT2D eigenvalue weighted by molar-refractivity contribution is 7.80. The van der Waals surface area contributed by atoms with Crippen molar-refractivity contribution in [2.75, 3.05) is 17.7 Å². The van der Waals surface area contributed by atoms with Gasteiger partial charge in [0.05, 0.1) is 29.9 Å². The van der Waals surface area contributed by atoms with Gasteiger partial charge in [-0.25, -0.2) is 4.79 Å². The summed E-state index contributed by atoms with van der Waals surface area (Å²) >= 11 is 19.0. The molecule has 0 saturated heterocycles. The van der Waals surface area contributed by atoms with Crippen LogP contribution in [0.5, 0.6) is 0 Å². The first-order chi connectivity index (χ1) is 14.9. The molecule has 0 bridgehead atoms. The van der Waals surface area contributed by atoms with Gasteiger partial charge in [0.2, 0.25) is 0 Å². The zero-order chi connectivity index (χ0) is 22.0. The summed E-state index contributed by atoms with van der Waals surface area (Å²) in [5.41, 5.74) is 2.68. The highest BCUT2D eigenvalue weighted by atomic mass is 35.5. The number of ether oxygens (including phenoxy) is 1. The van der Waals surface area contributed by atoms with Crippen molar-refractivity contribution in [3.05, 3.63) is 75.3 Å². The summed E-state index contributed by atoms with van der Waals surface area (Å²) < 4.78 is 7.41. The fraction of sp³-hybridized carbons (Fsp3) is 0.0952. The van der Waals surface area contributed by atoms with Gasteiger partial charge in [0.1, 0.15) is 4.88 Å². The van der Waals surface area contributed by atoms with E-state index in [1.54, 1.807) is 17.1 Å². The lowest BCUT2D eigenvalue weighted by atomic mass is 10.2. The van der Waals surface area contributed by atoms with Crippen LogP contribution >= 0.6 is 46.8 Å². The molecule has 2 aromatic carbocycles. The summed E-state index contributed by atoms with van der Waals surface area (Å²) in [4.78, 5) is 12.2. The number of hydrogen-bond acceptors (Lipinski definition) is 5. The molecule has 0 atom stereocenters. The van der Waals surface area contributed by atoms with Gasteiger partial charge < -0.3 is 15.4 Å². The molecule has 0 fully saturated rings. The first kappa shape index (κ1) is 21.6. The normalized spacial score (nSPS) is 10.8. The highest BCUT2D eigenvalue weighted by Gasteiger charge is 2.17. The Kier molecular flexibility index (Phi) is 6.43. The highest BCUT2D eigenvalue weighted by Crippen LogP contribution is 2.37. The topological polar surface area (TPSA) is 68.2 Å². The predicted octanol–water partition coefficient (Wildman–Crippen LogP) is 6.05. The molecular formula is C21H16Cl2N4O2S2. The monoisotopic (exact) mass is 490 g/mol. The van der Waals surface area contributed by atoms with Crippen molar-refractivity contribution in [3.8, 4) is 0 Å². The van der Waals surface area contributed by atoms with E-state index in [9.17, 15) is 4.79 Å². The number of benzene rings is 2. The number of methoxy groups -OCH3 is 1. The Hall–Kier alpha value is -2.65. The van der Waals surface area contributed by atoms with Crippen LogP contribution in [0.25, 0.3) is 10.1 Å². The van der Waals surface area contributed by atoms with Crippen LogP contribution < -0.4 is 10.6 Å². The number of esters is 1. The van der Waals surface area contributed by atoms with Crippen LogP contribution in [-0.2, 0) is 11.3 Å². The summed E-state index contributed by atoms with van der Waals surface area (Å²) in [6, 6.07) is 13.5. The number of aromatic nitrogens is 2. The van der Waals surface area contributed by atoms with Gasteiger partial charge in [-0.2, -0.15) is 5.10 Å². The molecule has 2 aromatic heterocycles. The van der Waals surface area contributed by atoms with E-state index < -0.39 is 5.97 Å². The number of carbonyl (C=O) groups is 1. The number of thiocarbonyl (C=S) groups is 1. The summed E-state index contributed by atoms with van der Waals surface area (Å²) in [5.74, 6) is -0.449. The van der Waals surface area contributed by atoms with Crippen molar-refractivity contribution in [3.63, 3.8) is 0 Å². The van der Waals surface area contributed by atoms with E-state index >= 15 is 0 Å². The quantitative estimate of drug-likeness (QED) is 0.262. The Labute approximate surface area is 197 Å². The van der Waals surface area contributed by atoms with Crippen molar-refractivity contribution in [1.29, 1.82) is 0 Å². The second kappa shape index (κ2) is 9.23. The average Bonchev–Trinajstić information content (AvgIpc) is 3.30. The predicted molar refractivity (Wildman–Crippen MR) is 131 cm³/mol. The number of rotatable bonds is 5. The number of fused-ring (bicyclic) bond motifs is 1. The van der Waals surface area contributed by atoms with Gasteiger partial charge in [0, 0.05) is 27.7 Å². The van der Waals surface area contributed by atoms with E-state index in [2.05, 4.69) is 15.7 Å². The van der Waals surface area contributed by atoms with Crippen molar-refractivity contribution in [2.24, 2.45) is 0 Å². The Balaban J connectivity index is 1.45. The van der Waals surface area contributed by atoms with E-state index in [0.29, 0.717) is 26.6 Å². The number of carbonyl (C=O) groups excluding carboxylic acids is 1. The second-order valence-corrected chi connectivity index (χ2v) is 8.86. The number of thiophene rings is 1. The van der Waals surface area contributed by atoms with Crippen LogP contribution in [0, 0.1) is 0 Å². The lowest BCUT2D eigenvalue weighted by Gasteiger charge is -2.12. The van der Waals surface area contributed by atoms with Crippen LogP contribution in [0.1, 0.15) is 15.2 Å². The average molecular weight is 491 g/mol. The SMILES string of the molecule is COC(=O)c1sc2cc(NC(=S)Nc3cccc(Cn4cc(Cl)cn4)c3)ccc2c1Cl. The molecule has 6 nitrogen and oxygen atoms in total. The van der Waals surface area contributed by atoms with Gasteiger partial charge in [-0.1, -0.05) is 35.3 Å². The number of nitrogens with zero attached hydrogens (tertiary/aromatic N) is 2. The molecular weight excluding hydrogens is 475 g/mol. The van der Waals surface area contributed by atoms with Gasteiger partial charge >= 0.3 is 5.97 Å². The minimum absolute atomic E-state index is 0.382. The fourth-order valence-electron chi connectivity index (χ4n) is 3.02. The van der Waals surface area contributed by atoms with Crippen molar-refractivity contribution < 1.29 is 9.53 Å². The van der Waals surface area contributed by atoms with Gasteiger partial charge in [-0.05, 0) is 48.1 Å². The third-order valence-corrected chi connectivity index (χ3v) is 6.43. The first-order valence-electron chi connectivity index (χ1n) is 9.08. The molecule has 158 valence electrons. The molecule has 0 saturated carbocycles. The lowest BCUT2D eigenvalue weighted by molar-refractivity contribution is 0.0606. The fourth-order valence-corrected chi connectivity index (χ4v) is 4.88. The smallest absolute Gasteiger partial charge is 0.349 e. The second-order valence-electron chi connectivity index (χ2n) is 6.58. The van der Waals surface area contributed by atoms with Crippen molar-refractivity contribution in [2.45, 2.75) is 6.54 Å². The molecule has 0 unspecified atom stereocenters. The minimum Gasteiger partial charge on any atom is -0.465 e. The molecule has 0 aliphatic carbocycles. The third kappa shape index (κ3) is 4.99. The Morgan fingerprint density at radius 3 is 2.68 bits per heavy atom. The van der Waals surface area contributed by atoms with Crippen molar-refractivity contribution in [1.82, 2.24) is 9.78 Å². The molecule has 0 spiro atoms. The van der Waals surface area contributed by atoms with Crippen molar-refractivity contribution >= 4 is 79.3 Å². The van der Waals surface area contributed by atoms with Gasteiger partial charge in [-0.15, -0.1) is 11.3 Å². The zero-order valence-electron chi connectivity index (χ0n) is 16.2. The summed E-state index contributed by atoms with van der Waals surface area (Å²) in [6.45, 7) is 0.598. The number of anilines is 2. The molecule has 4 aromatic rings. The number of nitrogens with one attached hydrogen (secondary N) is 2. The first-order valence-corrected chi connectivity index (χ1v) is 11.1. The van der Waals surface area contributed by atoms with Gasteiger partial charge in [0.25, 0.3) is 0 Å². The maximum Gasteiger partial charge on any atom is 0.349 e. The van der Waals surface area contributed by atoms with E-state index in [4.69, 9.17) is 40.2 Å². The molecule has 31 heavy (non-hydrogen) atoms. The molecule has 0 radical (unpaired) electrons. The van der Waals surface area contributed by atoms with E-state index in [1.807, 2.05) is 42.5 Å².